The summed E-state index contributed by atoms with van der Waals surface area (Å²) in [6.45, 7) is 3.99. The molecule has 1 fully saturated rings. The van der Waals surface area contributed by atoms with Gasteiger partial charge in [0.2, 0.25) is 5.91 Å². The normalized spacial score (nSPS) is 18.4. The Morgan fingerprint density at radius 1 is 1.56 bits per heavy atom. The van der Waals surface area contributed by atoms with Crippen LogP contribution in [0.2, 0.25) is 5.02 Å². The molecule has 0 radical (unpaired) electrons. The molecule has 1 saturated heterocycles. The Balaban J connectivity index is 2.01. The number of likely N-dealkylation sites (tertiary alicyclic amines) is 1. The van der Waals surface area contributed by atoms with Gasteiger partial charge in [-0.05, 0) is 24.1 Å². The van der Waals surface area contributed by atoms with Gasteiger partial charge in [-0.15, -0.1) is 0 Å². The minimum Gasteiger partial charge on any atom is -0.387 e. The van der Waals surface area contributed by atoms with Crippen molar-refractivity contribution in [1.82, 2.24) is 4.90 Å². The first-order valence-corrected chi connectivity index (χ1v) is 6.34. The first-order valence-electron chi connectivity index (χ1n) is 5.96. The van der Waals surface area contributed by atoms with Crippen LogP contribution in [0, 0.1) is 0 Å². The molecule has 1 heterocycles. The molecule has 0 bridgehead atoms. The zero-order valence-electron chi connectivity index (χ0n) is 10.3. The molecule has 1 aliphatic heterocycles. The number of nitrogens with two attached hydrogens (primary N) is 1. The van der Waals surface area contributed by atoms with Crippen LogP contribution < -0.4 is 5.73 Å². The van der Waals surface area contributed by atoms with E-state index in [-0.39, 0.29) is 0 Å². The molecule has 0 atom stereocenters. The highest BCUT2D eigenvalue weighted by atomic mass is 35.5. The van der Waals surface area contributed by atoms with Gasteiger partial charge in [-0.2, -0.15) is 0 Å². The average molecular weight is 269 g/mol. The van der Waals surface area contributed by atoms with Crippen LogP contribution in [-0.4, -0.2) is 34.6 Å². The van der Waals surface area contributed by atoms with Crippen molar-refractivity contribution >= 4 is 17.5 Å². The summed E-state index contributed by atoms with van der Waals surface area (Å²) < 4.78 is 0. The summed E-state index contributed by atoms with van der Waals surface area (Å²) in [5.41, 5.74) is 6.00. The highest BCUT2D eigenvalue weighted by molar-refractivity contribution is 6.31. The summed E-state index contributed by atoms with van der Waals surface area (Å²) >= 11 is 6.11. The Kier molecular flexibility index (Phi) is 3.61. The van der Waals surface area contributed by atoms with Gasteiger partial charge in [0.25, 0.3) is 0 Å². The Labute approximate surface area is 111 Å². The Bertz CT molecular complexity index is 470. The Morgan fingerprint density at radius 2 is 2.22 bits per heavy atom. The molecule has 5 heteroatoms. The van der Waals surface area contributed by atoms with E-state index in [1.54, 1.807) is 12.1 Å². The number of nitrogens with zero attached hydrogens (tertiary/aromatic N) is 1. The SMILES string of the molecule is CCC1(O)CN(Cc2ccc(C(N)=O)cc2Cl)C1. The molecule has 1 aromatic carbocycles. The fraction of sp³-hybridized carbons (Fsp3) is 0.462. The second kappa shape index (κ2) is 4.88. The van der Waals surface area contributed by atoms with E-state index in [4.69, 9.17) is 17.3 Å². The van der Waals surface area contributed by atoms with E-state index in [0.29, 0.717) is 30.2 Å². The smallest absolute Gasteiger partial charge is 0.248 e. The lowest BCUT2D eigenvalue weighted by molar-refractivity contribution is -0.103. The van der Waals surface area contributed by atoms with E-state index in [1.807, 2.05) is 13.0 Å². The van der Waals surface area contributed by atoms with Crippen molar-refractivity contribution in [2.24, 2.45) is 5.73 Å². The molecule has 2 rings (SSSR count). The molecule has 1 aromatic rings. The number of halogens is 1. The van der Waals surface area contributed by atoms with E-state index in [0.717, 1.165) is 12.0 Å². The minimum absolute atomic E-state index is 0.414. The molecule has 0 aliphatic carbocycles. The standard InChI is InChI=1S/C13H17ClN2O2/c1-2-13(18)7-16(8-13)6-10-4-3-9(12(15)17)5-11(10)14/h3-5,18H,2,6-8H2,1H3,(H2,15,17). The van der Waals surface area contributed by atoms with Gasteiger partial charge in [-0.1, -0.05) is 24.6 Å². The van der Waals surface area contributed by atoms with Crippen molar-refractivity contribution in [3.05, 3.63) is 34.3 Å². The van der Waals surface area contributed by atoms with Crippen LogP contribution in [0.1, 0.15) is 29.3 Å². The molecule has 0 saturated carbocycles. The maximum atomic E-state index is 11.0. The molecule has 0 aromatic heterocycles. The lowest BCUT2D eigenvalue weighted by Gasteiger charge is -2.46. The second-order valence-electron chi connectivity index (χ2n) is 4.89. The summed E-state index contributed by atoms with van der Waals surface area (Å²) in [4.78, 5) is 13.1. The molecule has 0 spiro atoms. The minimum atomic E-state index is -0.542. The van der Waals surface area contributed by atoms with Gasteiger partial charge in [0, 0.05) is 30.2 Å². The van der Waals surface area contributed by atoms with Gasteiger partial charge in [0.15, 0.2) is 0 Å². The van der Waals surface area contributed by atoms with E-state index in [1.165, 1.54) is 0 Å². The van der Waals surface area contributed by atoms with Gasteiger partial charge in [0.1, 0.15) is 0 Å². The molecular weight excluding hydrogens is 252 g/mol. The van der Waals surface area contributed by atoms with Crippen molar-refractivity contribution in [3.8, 4) is 0 Å². The lowest BCUT2D eigenvalue weighted by Crippen LogP contribution is -2.60. The summed E-state index contributed by atoms with van der Waals surface area (Å²) in [6, 6.07) is 5.08. The van der Waals surface area contributed by atoms with Crippen LogP contribution in [0.15, 0.2) is 18.2 Å². The summed E-state index contributed by atoms with van der Waals surface area (Å²) in [6.07, 6.45) is 0.762. The van der Waals surface area contributed by atoms with Gasteiger partial charge in [-0.25, -0.2) is 0 Å². The van der Waals surface area contributed by atoms with E-state index in [2.05, 4.69) is 4.90 Å². The number of carbonyl (C=O) groups excluding carboxylic acids is 1. The van der Waals surface area contributed by atoms with Crippen molar-refractivity contribution < 1.29 is 9.90 Å². The van der Waals surface area contributed by atoms with Crippen LogP contribution in [-0.2, 0) is 6.54 Å². The van der Waals surface area contributed by atoms with Crippen molar-refractivity contribution in [1.29, 1.82) is 0 Å². The molecule has 0 unspecified atom stereocenters. The number of carbonyl (C=O) groups is 1. The van der Waals surface area contributed by atoms with Gasteiger partial charge in [-0.3, -0.25) is 9.69 Å². The van der Waals surface area contributed by atoms with E-state index >= 15 is 0 Å². The average Bonchev–Trinajstić information content (AvgIpc) is 2.29. The van der Waals surface area contributed by atoms with Gasteiger partial charge >= 0.3 is 0 Å². The molecular formula is C13H17ClN2O2. The zero-order valence-corrected chi connectivity index (χ0v) is 11.1. The summed E-state index contributed by atoms with van der Waals surface area (Å²) in [5, 5.41) is 10.5. The maximum Gasteiger partial charge on any atom is 0.248 e. The van der Waals surface area contributed by atoms with E-state index < -0.39 is 11.5 Å². The highest BCUT2D eigenvalue weighted by Crippen LogP contribution is 2.28. The molecule has 98 valence electrons. The third-order valence-corrected chi connectivity index (χ3v) is 3.78. The highest BCUT2D eigenvalue weighted by Gasteiger charge is 2.39. The van der Waals surface area contributed by atoms with Crippen molar-refractivity contribution in [3.63, 3.8) is 0 Å². The molecule has 1 amide bonds. The number of benzene rings is 1. The number of hydrogen-bond donors (Lipinski definition) is 2. The van der Waals surface area contributed by atoms with Crippen LogP contribution >= 0.6 is 11.6 Å². The number of rotatable bonds is 4. The maximum absolute atomic E-state index is 11.0. The van der Waals surface area contributed by atoms with Gasteiger partial charge < -0.3 is 10.8 Å². The Hall–Kier alpha value is -1.10. The quantitative estimate of drug-likeness (QED) is 0.867. The van der Waals surface area contributed by atoms with Crippen LogP contribution in [0.4, 0.5) is 0 Å². The molecule has 4 nitrogen and oxygen atoms in total. The number of β-amino-alcohol motifs (C(OH)–C–C–N with tert-alkyl or cyclic N) is 1. The predicted octanol–water partition coefficient (Wildman–Crippen LogP) is 1.40. The number of primary amides is 1. The van der Waals surface area contributed by atoms with Crippen molar-refractivity contribution in [2.45, 2.75) is 25.5 Å². The predicted molar refractivity (Wildman–Crippen MR) is 70.5 cm³/mol. The summed E-state index contributed by atoms with van der Waals surface area (Å²) in [5.74, 6) is -0.479. The Morgan fingerprint density at radius 3 is 2.72 bits per heavy atom. The first kappa shape index (κ1) is 13.3. The third kappa shape index (κ3) is 2.66. The zero-order chi connectivity index (χ0) is 13.3. The monoisotopic (exact) mass is 268 g/mol. The number of aliphatic hydroxyl groups is 1. The fourth-order valence-electron chi connectivity index (χ4n) is 2.19. The third-order valence-electron chi connectivity index (χ3n) is 3.43. The number of hydrogen-bond acceptors (Lipinski definition) is 3. The largest absolute Gasteiger partial charge is 0.387 e. The van der Waals surface area contributed by atoms with Crippen LogP contribution in [0.5, 0.6) is 0 Å². The second-order valence-corrected chi connectivity index (χ2v) is 5.30. The van der Waals surface area contributed by atoms with Gasteiger partial charge in [0.05, 0.1) is 5.60 Å². The fourth-order valence-corrected chi connectivity index (χ4v) is 2.43. The molecule has 18 heavy (non-hydrogen) atoms. The van der Waals surface area contributed by atoms with E-state index in [9.17, 15) is 9.90 Å². The topological polar surface area (TPSA) is 66.6 Å². The molecule has 1 aliphatic rings. The first-order chi connectivity index (χ1) is 8.43. The van der Waals surface area contributed by atoms with Crippen LogP contribution in [0.3, 0.4) is 0 Å². The number of amides is 1. The summed E-state index contributed by atoms with van der Waals surface area (Å²) in [7, 11) is 0. The molecule has 3 N–H and O–H groups in total. The van der Waals surface area contributed by atoms with Crippen LogP contribution in [0.25, 0.3) is 0 Å². The lowest BCUT2D eigenvalue weighted by atomic mass is 9.91. The van der Waals surface area contributed by atoms with Crippen molar-refractivity contribution in [2.75, 3.05) is 13.1 Å².